The molecule has 1 aromatic heterocycles. The largest absolute Gasteiger partial charge is 0.481 e. The Hall–Kier alpha value is -1.83. The molecule has 4 N–H and O–H groups in total. The van der Waals surface area contributed by atoms with E-state index < -0.39 is 11.9 Å². The van der Waals surface area contributed by atoms with Gasteiger partial charge in [0.1, 0.15) is 0 Å². The normalized spacial score (nSPS) is 11.8. The number of hydrogen-bond donors (Lipinski definition) is 4. The Balaban J connectivity index is 2.11. The number of carbonyl (C=O) groups is 2. The highest BCUT2D eigenvalue weighted by molar-refractivity contribution is 7.07. The van der Waals surface area contributed by atoms with Crippen LogP contribution >= 0.6 is 11.3 Å². The van der Waals surface area contributed by atoms with Crippen LogP contribution in [-0.4, -0.2) is 28.6 Å². The molecule has 1 atom stereocenters. The molecule has 0 radical (unpaired) electrons. The van der Waals surface area contributed by atoms with Gasteiger partial charge < -0.3 is 20.7 Å². The van der Waals surface area contributed by atoms with Crippen molar-refractivity contribution in [3.8, 4) is 0 Å². The van der Waals surface area contributed by atoms with E-state index >= 15 is 0 Å². The summed E-state index contributed by atoms with van der Waals surface area (Å²) in [6.45, 7) is 2.31. The van der Waals surface area contributed by atoms with E-state index in [1.165, 1.54) is 0 Å². The fourth-order valence-electron chi connectivity index (χ4n) is 1.37. The number of urea groups is 1. The van der Waals surface area contributed by atoms with Crippen LogP contribution in [0.1, 0.15) is 25.5 Å². The van der Waals surface area contributed by atoms with Gasteiger partial charge in [0.05, 0.1) is 12.5 Å². The van der Waals surface area contributed by atoms with Crippen LogP contribution < -0.4 is 15.5 Å². The quantitative estimate of drug-likeness (QED) is 0.554. The van der Waals surface area contributed by atoms with Crippen molar-refractivity contribution in [2.24, 2.45) is 5.92 Å². The van der Waals surface area contributed by atoms with Crippen molar-refractivity contribution in [3.63, 3.8) is 0 Å². The van der Waals surface area contributed by atoms with Crippen molar-refractivity contribution < 1.29 is 14.7 Å². The van der Waals surface area contributed by atoms with E-state index in [1.54, 1.807) is 12.3 Å². The van der Waals surface area contributed by atoms with E-state index in [4.69, 9.17) is 5.11 Å². The maximum Gasteiger partial charge on any atom is 0.315 e. The van der Waals surface area contributed by atoms with E-state index in [1.807, 2.05) is 0 Å². The third-order valence-electron chi connectivity index (χ3n) is 2.53. The number of aromatic amines is 1. The van der Waals surface area contributed by atoms with Gasteiger partial charge in [-0.15, -0.1) is 0 Å². The van der Waals surface area contributed by atoms with Gasteiger partial charge in [-0.05, 0) is 12.8 Å². The summed E-state index contributed by atoms with van der Waals surface area (Å²) in [6, 6.07) is -0.338. The molecule has 0 fully saturated rings. The summed E-state index contributed by atoms with van der Waals surface area (Å²) in [5.41, 5.74) is 0.657. The highest BCUT2D eigenvalue weighted by atomic mass is 32.1. The minimum absolute atomic E-state index is 0.153. The first-order chi connectivity index (χ1) is 8.99. The molecule has 1 heterocycles. The summed E-state index contributed by atoms with van der Waals surface area (Å²) in [5, 5.41) is 15.5. The number of carboxylic acid groups (broad SMARTS) is 1. The SMILES string of the molecule is CC(CCCNC(=O)NCc1csc(=O)[nH]1)C(=O)O. The molecule has 0 aliphatic carbocycles. The van der Waals surface area contributed by atoms with Gasteiger partial charge in [0.2, 0.25) is 0 Å². The Morgan fingerprint density at radius 3 is 2.79 bits per heavy atom. The molecular weight excluding hydrogens is 270 g/mol. The fourth-order valence-corrected chi connectivity index (χ4v) is 1.95. The molecule has 1 rings (SSSR count). The van der Waals surface area contributed by atoms with Crippen LogP contribution in [0.3, 0.4) is 0 Å². The number of aliphatic carboxylic acids is 1. The molecule has 0 aliphatic heterocycles. The lowest BCUT2D eigenvalue weighted by Crippen LogP contribution is -2.35. The monoisotopic (exact) mass is 287 g/mol. The number of amides is 2. The van der Waals surface area contributed by atoms with Crippen molar-refractivity contribution in [1.29, 1.82) is 0 Å². The third-order valence-corrected chi connectivity index (χ3v) is 3.25. The predicted octanol–water partition coefficient (Wildman–Crippen LogP) is 0.736. The van der Waals surface area contributed by atoms with Crippen molar-refractivity contribution in [2.75, 3.05) is 6.54 Å². The van der Waals surface area contributed by atoms with Gasteiger partial charge in [-0.25, -0.2) is 4.79 Å². The van der Waals surface area contributed by atoms with Crippen LogP contribution in [0.2, 0.25) is 0 Å². The molecule has 19 heavy (non-hydrogen) atoms. The second-order valence-corrected chi connectivity index (χ2v) is 5.01. The smallest absolute Gasteiger partial charge is 0.315 e. The zero-order chi connectivity index (χ0) is 14.3. The highest BCUT2D eigenvalue weighted by Gasteiger charge is 2.10. The van der Waals surface area contributed by atoms with Gasteiger partial charge in [-0.3, -0.25) is 9.59 Å². The van der Waals surface area contributed by atoms with E-state index in [0.717, 1.165) is 11.3 Å². The van der Waals surface area contributed by atoms with Crippen molar-refractivity contribution in [3.05, 3.63) is 20.7 Å². The highest BCUT2D eigenvalue weighted by Crippen LogP contribution is 2.04. The van der Waals surface area contributed by atoms with Crippen molar-refractivity contribution in [1.82, 2.24) is 15.6 Å². The predicted molar refractivity (Wildman–Crippen MR) is 71.2 cm³/mol. The van der Waals surface area contributed by atoms with Crippen LogP contribution in [-0.2, 0) is 11.3 Å². The number of carbonyl (C=O) groups excluding carboxylic acids is 1. The fraction of sp³-hybridized carbons (Fsp3) is 0.545. The van der Waals surface area contributed by atoms with E-state index in [9.17, 15) is 14.4 Å². The van der Waals surface area contributed by atoms with Crippen LogP contribution in [0.25, 0.3) is 0 Å². The molecule has 0 aliphatic rings. The van der Waals surface area contributed by atoms with Gasteiger partial charge in [0.15, 0.2) is 0 Å². The van der Waals surface area contributed by atoms with Gasteiger partial charge in [0, 0.05) is 17.6 Å². The van der Waals surface area contributed by atoms with Gasteiger partial charge >= 0.3 is 16.9 Å². The summed E-state index contributed by atoms with van der Waals surface area (Å²) in [5.74, 6) is -1.23. The Kier molecular flexibility index (Phi) is 6.07. The Morgan fingerprint density at radius 1 is 1.47 bits per heavy atom. The molecule has 106 valence electrons. The molecule has 7 nitrogen and oxygen atoms in total. The first kappa shape index (κ1) is 15.2. The average Bonchev–Trinajstić information content (AvgIpc) is 2.77. The van der Waals surface area contributed by atoms with Crippen LogP contribution in [0, 0.1) is 5.92 Å². The molecule has 2 amide bonds. The summed E-state index contributed by atoms with van der Waals surface area (Å²) in [4.78, 5) is 35.2. The van der Waals surface area contributed by atoms with Crippen molar-refractivity contribution >= 4 is 23.3 Å². The summed E-state index contributed by atoms with van der Waals surface area (Å²) < 4.78 is 0. The summed E-state index contributed by atoms with van der Waals surface area (Å²) in [7, 11) is 0. The second kappa shape index (κ2) is 7.57. The molecule has 1 unspecified atom stereocenters. The zero-order valence-corrected chi connectivity index (χ0v) is 11.4. The Labute approximate surface area is 114 Å². The van der Waals surface area contributed by atoms with Gasteiger partial charge in [-0.1, -0.05) is 18.3 Å². The lowest BCUT2D eigenvalue weighted by atomic mass is 10.1. The molecule has 0 aromatic carbocycles. The van der Waals surface area contributed by atoms with Gasteiger partial charge in [-0.2, -0.15) is 0 Å². The van der Waals surface area contributed by atoms with Crippen LogP contribution in [0.4, 0.5) is 4.79 Å². The maximum absolute atomic E-state index is 11.4. The summed E-state index contributed by atoms with van der Waals surface area (Å²) >= 11 is 1.05. The van der Waals surface area contributed by atoms with E-state index in [-0.39, 0.29) is 17.4 Å². The number of hydrogen-bond acceptors (Lipinski definition) is 4. The first-order valence-electron chi connectivity index (χ1n) is 5.90. The standard InChI is InChI=1S/C11H17N3O4S/c1-7(9(15)16)3-2-4-12-10(17)13-5-8-6-19-11(18)14-8/h6-7H,2-5H2,1H3,(H,14,18)(H,15,16)(H2,12,13,17). The molecule has 0 saturated carbocycles. The number of thiazole rings is 1. The number of H-pyrrole nitrogens is 1. The zero-order valence-electron chi connectivity index (χ0n) is 10.6. The first-order valence-corrected chi connectivity index (χ1v) is 6.78. The molecule has 0 spiro atoms. The third kappa shape index (κ3) is 6.05. The minimum atomic E-state index is -0.828. The summed E-state index contributed by atoms with van der Waals surface area (Å²) in [6.07, 6.45) is 1.13. The molecule has 0 bridgehead atoms. The maximum atomic E-state index is 11.4. The van der Waals surface area contributed by atoms with Crippen LogP contribution in [0.5, 0.6) is 0 Å². The molecular formula is C11H17N3O4S. The lowest BCUT2D eigenvalue weighted by Gasteiger charge is -2.08. The lowest BCUT2D eigenvalue weighted by molar-refractivity contribution is -0.141. The number of aromatic nitrogens is 1. The van der Waals surface area contributed by atoms with E-state index in [2.05, 4.69) is 15.6 Å². The molecule has 8 heteroatoms. The Morgan fingerprint density at radius 2 is 2.21 bits per heavy atom. The molecule has 1 aromatic rings. The van der Waals surface area contributed by atoms with Crippen LogP contribution in [0.15, 0.2) is 10.2 Å². The van der Waals surface area contributed by atoms with Crippen molar-refractivity contribution in [2.45, 2.75) is 26.3 Å². The second-order valence-electron chi connectivity index (χ2n) is 4.16. The number of carboxylic acids is 1. The Bertz CT molecular complexity index is 482. The van der Waals surface area contributed by atoms with E-state index in [0.29, 0.717) is 25.1 Å². The topological polar surface area (TPSA) is 111 Å². The molecule has 0 saturated heterocycles. The minimum Gasteiger partial charge on any atom is -0.481 e. The van der Waals surface area contributed by atoms with Gasteiger partial charge in [0.25, 0.3) is 0 Å². The number of rotatable bonds is 7. The number of nitrogens with one attached hydrogen (secondary N) is 3. The average molecular weight is 287 g/mol.